The molecule has 0 radical (unpaired) electrons. The maximum Gasteiger partial charge on any atom is 0.409 e. The van der Waals surface area contributed by atoms with E-state index in [1.165, 1.54) is 5.56 Å². The number of carbonyl (C=O) groups excluding carboxylic acids is 2. The zero-order valence-corrected chi connectivity index (χ0v) is 20.2. The Morgan fingerprint density at radius 3 is 2.41 bits per heavy atom. The van der Waals surface area contributed by atoms with E-state index in [0.29, 0.717) is 39.2 Å². The first-order valence-corrected chi connectivity index (χ1v) is 12.0. The molecule has 2 aromatic carbocycles. The van der Waals surface area contributed by atoms with Gasteiger partial charge < -0.3 is 24.3 Å². The highest BCUT2D eigenvalue weighted by molar-refractivity contribution is 5.88. The van der Waals surface area contributed by atoms with Crippen molar-refractivity contribution >= 4 is 22.9 Å². The second-order valence-corrected chi connectivity index (χ2v) is 8.50. The molecule has 1 aliphatic rings. The number of nitrogens with zero attached hydrogens (tertiary/aromatic N) is 2. The lowest BCUT2D eigenvalue weighted by molar-refractivity contribution is -0.133. The monoisotopic (exact) mass is 463 g/mol. The molecule has 0 bridgehead atoms. The number of hydrogen-bond donors (Lipinski definition) is 1. The Bertz CT molecular complexity index is 1150. The fraction of sp³-hybridized carbons (Fsp3) is 0.407. The first kappa shape index (κ1) is 23.7. The van der Waals surface area contributed by atoms with Crippen molar-refractivity contribution in [3.63, 3.8) is 0 Å². The summed E-state index contributed by atoms with van der Waals surface area (Å²) in [7, 11) is 1.66. The summed E-state index contributed by atoms with van der Waals surface area (Å²) in [5.41, 5.74) is 4.46. The summed E-state index contributed by atoms with van der Waals surface area (Å²) in [5, 5.41) is 1.13. The van der Waals surface area contributed by atoms with Crippen LogP contribution in [0.15, 0.2) is 48.7 Å². The summed E-state index contributed by atoms with van der Waals surface area (Å²) in [5.74, 6) is 0.682. The molecule has 1 saturated heterocycles. The van der Waals surface area contributed by atoms with Crippen LogP contribution in [0.4, 0.5) is 4.79 Å². The van der Waals surface area contributed by atoms with E-state index in [0.717, 1.165) is 34.2 Å². The molecular weight excluding hydrogens is 430 g/mol. The van der Waals surface area contributed by atoms with Crippen molar-refractivity contribution in [2.24, 2.45) is 0 Å². The lowest BCUT2D eigenvalue weighted by atomic mass is 9.86. The number of methoxy groups -OCH3 is 1. The Labute approximate surface area is 200 Å². The Hall–Kier alpha value is -3.48. The molecule has 4 rings (SSSR count). The van der Waals surface area contributed by atoms with E-state index in [-0.39, 0.29) is 17.9 Å². The molecule has 1 unspecified atom stereocenters. The van der Waals surface area contributed by atoms with Crippen LogP contribution >= 0.6 is 0 Å². The van der Waals surface area contributed by atoms with E-state index in [1.807, 2.05) is 35.4 Å². The van der Waals surface area contributed by atoms with E-state index in [2.05, 4.69) is 30.1 Å². The second-order valence-electron chi connectivity index (χ2n) is 8.50. The summed E-state index contributed by atoms with van der Waals surface area (Å²) in [4.78, 5) is 32.5. The first-order valence-electron chi connectivity index (χ1n) is 12.0. The SMILES string of the molecule is CCOC(=O)N1CCN(C(=O)CC(c2ccccc2OC)c2c[nH]c3c(CC)cccc23)CC1. The third-order valence-electron chi connectivity index (χ3n) is 6.64. The number of nitrogens with one attached hydrogen (secondary N) is 1. The summed E-state index contributed by atoms with van der Waals surface area (Å²) in [6.07, 6.45) is 2.98. The summed E-state index contributed by atoms with van der Waals surface area (Å²) in [6, 6.07) is 14.2. The zero-order valence-electron chi connectivity index (χ0n) is 20.2. The number of piperazine rings is 1. The molecule has 1 atom stereocenters. The van der Waals surface area contributed by atoms with Gasteiger partial charge in [0.25, 0.3) is 0 Å². The number of rotatable bonds is 7. The average Bonchev–Trinajstić information content (AvgIpc) is 3.31. The molecule has 7 nitrogen and oxygen atoms in total. The quantitative estimate of drug-likeness (QED) is 0.557. The number of amides is 2. The molecule has 0 spiro atoms. The topological polar surface area (TPSA) is 74.9 Å². The van der Waals surface area contributed by atoms with Crippen molar-refractivity contribution < 1.29 is 19.1 Å². The van der Waals surface area contributed by atoms with Crippen LogP contribution in [-0.2, 0) is 16.0 Å². The van der Waals surface area contributed by atoms with Gasteiger partial charge in [-0.15, -0.1) is 0 Å². The van der Waals surface area contributed by atoms with Gasteiger partial charge in [-0.3, -0.25) is 4.79 Å². The standard InChI is InChI=1S/C27H33N3O4/c1-4-19-9-8-11-21-23(18-28-26(19)21)22(20-10-6-7-12-24(20)33-3)17-25(31)29-13-15-30(16-14-29)27(32)34-5-2/h6-12,18,22,28H,4-5,13-17H2,1-3H3. The van der Waals surface area contributed by atoms with Gasteiger partial charge in [-0.25, -0.2) is 4.79 Å². The molecule has 1 aromatic heterocycles. The van der Waals surface area contributed by atoms with Gasteiger partial charge in [-0.05, 0) is 30.5 Å². The Kier molecular flexibility index (Phi) is 7.40. The van der Waals surface area contributed by atoms with Gasteiger partial charge >= 0.3 is 6.09 Å². The summed E-state index contributed by atoms with van der Waals surface area (Å²) in [6.45, 7) is 6.27. The van der Waals surface area contributed by atoms with Gasteiger partial charge in [0.2, 0.25) is 5.91 Å². The lowest BCUT2D eigenvalue weighted by Gasteiger charge is -2.35. The molecule has 2 heterocycles. The lowest BCUT2D eigenvalue weighted by Crippen LogP contribution is -2.50. The second kappa shape index (κ2) is 10.6. The molecule has 180 valence electrons. The highest BCUT2D eigenvalue weighted by atomic mass is 16.6. The molecule has 3 aromatic rings. The van der Waals surface area contributed by atoms with Crippen molar-refractivity contribution in [3.8, 4) is 5.75 Å². The normalized spacial score (nSPS) is 14.8. The van der Waals surface area contributed by atoms with Crippen LogP contribution in [0.5, 0.6) is 5.75 Å². The number of hydrogen-bond acceptors (Lipinski definition) is 4. The van der Waals surface area contributed by atoms with E-state index < -0.39 is 0 Å². The number of ether oxygens (including phenoxy) is 2. The third-order valence-corrected chi connectivity index (χ3v) is 6.64. The van der Waals surface area contributed by atoms with Gasteiger partial charge in [0.05, 0.1) is 13.7 Å². The number of aromatic amines is 1. The van der Waals surface area contributed by atoms with Crippen LogP contribution in [0, 0.1) is 0 Å². The van der Waals surface area contributed by atoms with E-state index in [9.17, 15) is 9.59 Å². The number of benzene rings is 2. The maximum absolute atomic E-state index is 13.5. The van der Waals surface area contributed by atoms with Crippen LogP contribution in [0.25, 0.3) is 10.9 Å². The number of carbonyl (C=O) groups is 2. The zero-order chi connectivity index (χ0) is 24.1. The van der Waals surface area contributed by atoms with Crippen molar-refractivity contribution in [2.75, 3.05) is 39.9 Å². The predicted octanol–water partition coefficient (Wildman–Crippen LogP) is 4.56. The molecule has 2 amide bonds. The predicted molar refractivity (Wildman–Crippen MR) is 132 cm³/mol. The van der Waals surface area contributed by atoms with Gasteiger partial charge in [0.15, 0.2) is 0 Å². The molecule has 7 heteroatoms. The van der Waals surface area contributed by atoms with Crippen LogP contribution in [0.2, 0.25) is 0 Å². The first-order chi connectivity index (χ1) is 16.6. The van der Waals surface area contributed by atoms with Gasteiger partial charge in [0.1, 0.15) is 5.75 Å². The van der Waals surface area contributed by atoms with Crippen LogP contribution < -0.4 is 4.74 Å². The molecule has 0 aliphatic carbocycles. The Morgan fingerprint density at radius 1 is 0.971 bits per heavy atom. The van der Waals surface area contributed by atoms with Gasteiger partial charge in [-0.2, -0.15) is 0 Å². The molecule has 1 aliphatic heterocycles. The number of fused-ring (bicyclic) bond motifs is 1. The maximum atomic E-state index is 13.5. The van der Waals surface area contributed by atoms with Crippen LogP contribution in [0.1, 0.15) is 42.9 Å². The molecule has 34 heavy (non-hydrogen) atoms. The molecule has 0 saturated carbocycles. The van der Waals surface area contributed by atoms with E-state index in [1.54, 1.807) is 18.9 Å². The highest BCUT2D eigenvalue weighted by Crippen LogP contribution is 2.38. The minimum atomic E-state index is -0.313. The summed E-state index contributed by atoms with van der Waals surface area (Å²) >= 11 is 0. The smallest absolute Gasteiger partial charge is 0.409 e. The number of aryl methyl sites for hydroxylation is 1. The van der Waals surface area contributed by atoms with Crippen molar-refractivity contribution in [1.29, 1.82) is 0 Å². The number of para-hydroxylation sites is 2. The largest absolute Gasteiger partial charge is 0.496 e. The molecule has 1 N–H and O–H groups in total. The van der Waals surface area contributed by atoms with Crippen molar-refractivity contribution in [1.82, 2.24) is 14.8 Å². The van der Waals surface area contributed by atoms with Crippen molar-refractivity contribution in [2.45, 2.75) is 32.6 Å². The fourth-order valence-electron chi connectivity index (χ4n) is 4.82. The highest BCUT2D eigenvalue weighted by Gasteiger charge is 2.29. The minimum absolute atomic E-state index is 0.0698. The summed E-state index contributed by atoms with van der Waals surface area (Å²) < 4.78 is 10.8. The Morgan fingerprint density at radius 2 is 1.71 bits per heavy atom. The van der Waals surface area contributed by atoms with Crippen LogP contribution in [-0.4, -0.2) is 66.7 Å². The van der Waals surface area contributed by atoms with Crippen molar-refractivity contribution in [3.05, 3.63) is 65.4 Å². The van der Waals surface area contributed by atoms with E-state index in [4.69, 9.17) is 9.47 Å². The molecule has 1 fully saturated rings. The van der Waals surface area contributed by atoms with Gasteiger partial charge in [-0.1, -0.05) is 43.3 Å². The average molecular weight is 464 g/mol. The minimum Gasteiger partial charge on any atom is -0.496 e. The fourth-order valence-corrected chi connectivity index (χ4v) is 4.82. The molecular formula is C27H33N3O4. The number of aromatic nitrogens is 1. The third kappa shape index (κ3) is 4.74. The Balaban J connectivity index is 1.62. The van der Waals surface area contributed by atoms with E-state index >= 15 is 0 Å². The van der Waals surface area contributed by atoms with Crippen LogP contribution in [0.3, 0.4) is 0 Å². The van der Waals surface area contributed by atoms with Gasteiger partial charge in [0, 0.05) is 61.2 Å². The number of H-pyrrole nitrogens is 1.